The van der Waals surface area contributed by atoms with Crippen molar-refractivity contribution in [1.82, 2.24) is 0 Å². The van der Waals surface area contributed by atoms with Crippen LogP contribution in [0.15, 0.2) is 84.6 Å². The van der Waals surface area contributed by atoms with Crippen molar-refractivity contribution < 1.29 is 35.9 Å². The first-order valence-electron chi connectivity index (χ1n) is 12.3. The van der Waals surface area contributed by atoms with Crippen molar-refractivity contribution in [3.05, 3.63) is 119 Å². The predicted molar refractivity (Wildman–Crippen MR) is 137 cm³/mol. The molecule has 0 bridgehead atoms. The van der Waals surface area contributed by atoms with Crippen molar-refractivity contribution in [3.63, 3.8) is 0 Å². The molecule has 1 saturated heterocycles. The van der Waals surface area contributed by atoms with E-state index in [9.17, 15) is 35.9 Å². The van der Waals surface area contributed by atoms with E-state index in [0.717, 1.165) is 35.2 Å². The first-order valence-corrected chi connectivity index (χ1v) is 12.3. The molecule has 2 amide bonds. The second kappa shape index (κ2) is 9.69. The molecule has 1 aliphatic carbocycles. The highest BCUT2D eigenvalue weighted by Crippen LogP contribution is 2.54. The molecule has 40 heavy (non-hydrogen) atoms. The first-order chi connectivity index (χ1) is 18.8. The van der Waals surface area contributed by atoms with Crippen molar-refractivity contribution in [1.29, 1.82) is 0 Å². The summed E-state index contributed by atoms with van der Waals surface area (Å²) in [4.78, 5) is 27.7. The summed E-state index contributed by atoms with van der Waals surface area (Å²) in [5.41, 5.74) is -2.50. The molecule has 0 aromatic heterocycles. The lowest BCUT2D eigenvalue weighted by Crippen LogP contribution is -2.33. The summed E-state index contributed by atoms with van der Waals surface area (Å²) in [5.74, 6) is -5.82. The number of carbonyl (C=O) groups excluding carboxylic acids is 2. The number of rotatable bonds is 4. The van der Waals surface area contributed by atoms with Crippen LogP contribution in [-0.4, -0.2) is 11.8 Å². The Labute approximate surface area is 225 Å². The third-order valence-corrected chi connectivity index (χ3v) is 7.31. The van der Waals surface area contributed by atoms with Crippen molar-refractivity contribution >= 4 is 23.2 Å². The van der Waals surface area contributed by atoms with Gasteiger partial charge >= 0.3 is 6.18 Å². The Morgan fingerprint density at radius 3 is 2.35 bits per heavy atom. The molecule has 1 N–H and O–H groups in total. The fourth-order valence-electron chi connectivity index (χ4n) is 5.40. The van der Waals surface area contributed by atoms with Gasteiger partial charge in [-0.1, -0.05) is 38.1 Å². The Bertz CT molecular complexity index is 1570. The standard InChI is InChI=1S/C30H22F6N2O2/c1-29(2)25-19(5-3-7-23(25)38(28(29)40)24-8-4-6-22(32)26(24)33)16-9-14-21(30(34,35)36)20(15-16)27(39)37-18-12-10-17(31)11-13-18/h3-15,19,25H,1-2H3,(H,37,39). The monoisotopic (exact) mass is 556 g/mol. The molecule has 0 radical (unpaired) electrons. The van der Waals surface area contributed by atoms with E-state index < -0.39 is 63.8 Å². The highest BCUT2D eigenvalue weighted by atomic mass is 19.4. The normalized spacial score (nSPS) is 19.9. The van der Waals surface area contributed by atoms with Crippen molar-refractivity contribution in [2.45, 2.75) is 25.9 Å². The van der Waals surface area contributed by atoms with Gasteiger partial charge in [0.15, 0.2) is 11.6 Å². The van der Waals surface area contributed by atoms with Gasteiger partial charge in [0.25, 0.3) is 5.91 Å². The average Bonchev–Trinajstić information content (AvgIpc) is 3.11. The molecule has 1 heterocycles. The van der Waals surface area contributed by atoms with E-state index in [4.69, 9.17) is 0 Å². The van der Waals surface area contributed by atoms with Gasteiger partial charge in [-0.25, -0.2) is 13.2 Å². The smallest absolute Gasteiger partial charge is 0.322 e. The minimum Gasteiger partial charge on any atom is -0.322 e. The summed E-state index contributed by atoms with van der Waals surface area (Å²) in [7, 11) is 0. The first kappa shape index (κ1) is 27.2. The molecule has 5 rings (SSSR count). The van der Waals surface area contributed by atoms with Crippen molar-refractivity contribution in [2.75, 3.05) is 10.2 Å². The summed E-state index contributed by atoms with van der Waals surface area (Å²) >= 11 is 0. The van der Waals surface area contributed by atoms with Crippen LogP contribution in [0.25, 0.3) is 0 Å². The average molecular weight is 557 g/mol. The van der Waals surface area contributed by atoms with E-state index in [1.807, 2.05) is 0 Å². The number of benzene rings is 3. The Morgan fingerprint density at radius 1 is 0.975 bits per heavy atom. The van der Waals surface area contributed by atoms with Crippen LogP contribution < -0.4 is 10.2 Å². The number of anilines is 2. The van der Waals surface area contributed by atoms with Gasteiger partial charge in [0.1, 0.15) is 5.82 Å². The highest BCUT2D eigenvalue weighted by molar-refractivity contribution is 6.06. The molecule has 2 unspecified atom stereocenters. The molecule has 1 aliphatic heterocycles. The zero-order valence-electron chi connectivity index (χ0n) is 21.2. The van der Waals surface area contributed by atoms with Crippen LogP contribution >= 0.6 is 0 Å². The molecular weight excluding hydrogens is 534 g/mol. The number of halogens is 6. The van der Waals surface area contributed by atoms with Crippen molar-refractivity contribution in [3.8, 4) is 0 Å². The molecular formula is C30H22F6N2O2. The topological polar surface area (TPSA) is 49.4 Å². The number of carbonyl (C=O) groups is 2. The van der Waals surface area contributed by atoms with Crippen LogP contribution in [0.1, 0.15) is 41.3 Å². The third-order valence-electron chi connectivity index (χ3n) is 7.31. The predicted octanol–water partition coefficient (Wildman–Crippen LogP) is 7.60. The number of amides is 2. The highest BCUT2D eigenvalue weighted by Gasteiger charge is 2.55. The summed E-state index contributed by atoms with van der Waals surface area (Å²) in [6, 6.07) is 11.2. The van der Waals surface area contributed by atoms with Crippen LogP contribution in [0, 0.1) is 28.8 Å². The van der Waals surface area contributed by atoms with E-state index in [0.29, 0.717) is 11.3 Å². The Kier molecular flexibility index (Phi) is 6.60. The van der Waals surface area contributed by atoms with Gasteiger partial charge in [0.05, 0.1) is 22.2 Å². The lowest BCUT2D eigenvalue weighted by Gasteiger charge is -2.33. The number of fused-ring (bicyclic) bond motifs is 1. The number of nitrogens with one attached hydrogen (secondary N) is 1. The Hall–Kier alpha value is -4.34. The van der Waals surface area contributed by atoms with E-state index >= 15 is 0 Å². The maximum Gasteiger partial charge on any atom is 0.417 e. The second-order valence-corrected chi connectivity index (χ2v) is 10.2. The lowest BCUT2D eigenvalue weighted by atomic mass is 9.68. The van der Waals surface area contributed by atoms with E-state index in [2.05, 4.69) is 5.32 Å². The minimum atomic E-state index is -4.85. The lowest BCUT2D eigenvalue weighted by molar-refractivity contribution is -0.137. The van der Waals surface area contributed by atoms with E-state index in [-0.39, 0.29) is 11.4 Å². The SMILES string of the molecule is CC1(C)C(=O)N(c2cccc(F)c2F)C2=CC=CC(c3ccc(C(F)(F)F)c(C(=O)Nc4ccc(F)cc4)c3)C21. The summed E-state index contributed by atoms with van der Waals surface area (Å²) in [6.45, 7) is 3.26. The number of nitrogens with zero attached hydrogens (tertiary/aromatic N) is 1. The fraction of sp³-hybridized carbons (Fsp3) is 0.200. The Balaban J connectivity index is 1.57. The molecule has 0 saturated carbocycles. The van der Waals surface area contributed by atoms with Gasteiger partial charge in [-0.15, -0.1) is 0 Å². The molecule has 206 valence electrons. The number of hydrogen-bond donors (Lipinski definition) is 1. The zero-order chi connectivity index (χ0) is 29.0. The van der Waals surface area contributed by atoms with Crippen LogP contribution in [0.5, 0.6) is 0 Å². The Morgan fingerprint density at radius 2 is 1.68 bits per heavy atom. The minimum absolute atomic E-state index is 0.1000. The second-order valence-electron chi connectivity index (χ2n) is 10.2. The molecule has 3 aromatic carbocycles. The number of alkyl halides is 3. The molecule has 4 nitrogen and oxygen atoms in total. The maximum absolute atomic E-state index is 14.8. The van der Waals surface area contributed by atoms with E-state index in [1.165, 1.54) is 30.3 Å². The molecule has 2 aliphatic rings. The van der Waals surface area contributed by atoms with Gasteiger partial charge in [0.2, 0.25) is 5.91 Å². The van der Waals surface area contributed by atoms with Gasteiger partial charge in [-0.2, -0.15) is 13.2 Å². The van der Waals surface area contributed by atoms with Gasteiger partial charge in [-0.3, -0.25) is 14.5 Å². The fourth-order valence-corrected chi connectivity index (χ4v) is 5.40. The van der Waals surface area contributed by atoms with Gasteiger partial charge in [0, 0.05) is 23.2 Å². The quantitative estimate of drug-likeness (QED) is 0.337. The van der Waals surface area contributed by atoms with Gasteiger partial charge < -0.3 is 5.32 Å². The summed E-state index contributed by atoms with van der Waals surface area (Å²) < 4.78 is 83.8. The third kappa shape index (κ3) is 4.57. The van der Waals surface area contributed by atoms with Crippen LogP contribution in [0.4, 0.5) is 37.7 Å². The number of allylic oxidation sites excluding steroid dienone is 4. The van der Waals surface area contributed by atoms with Crippen molar-refractivity contribution in [2.24, 2.45) is 11.3 Å². The van der Waals surface area contributed by atoms with Crippen LogP contribution in [0.3, 0.4) is 0 Å². The molecule has 0 spiro atoms. The maximum atomic E-state index is 14.8. The molecule has 10 heteroatoms. The summed E-state index contributed by atoms with van der Waals surface area (Å²) in [5, 5.41) is 2.36. The molecule has 1 fully saturated rings. The summed E-state index contributed by atoms with van der Waals surface area (Å²) in [6.07, 6.45) is 0.0182. The van der Waals surface area contributed by atoms with E-state index in [1.54, 1.807) is 32.1 Å². The zero-order valence-corrected chi connectivity index (χ0v) is 21.2. The van der Waals surface area contributed by atoms with Crippen LogP contribution in [0.2, 0.25) is 0 Å². The van der Waals surface area contributed by atoms with Crippen LogP contribution in [-0.2, 0) is 11.0 Å². The molecule has 2 atom stereocenters. The molecule has 3 aromatic rings. The van der Waals surface area contributed by atoms with Gasteiger partial charge in [-0.05, 0) is 60.2 Å². The largest absolute Gasteiger partial charge is 0.417 e. The number of hydrogen-bond acceptors (Lipinski definition) is 2.